The predicted molar refractivity (Wildman–Crippen MR) is 118 cm³/mol. The molecular formula is C22H25FN8O. The number of primary amides is 1. The summed E-state index contributed by atoms with van der Waals surface area (Å²) in [6.07, 6.45) is 9.56. The second kappa shape index (κ2) is 9.65. The minimum Gasteiger partial charge on any atom is -0.365 e. The van der Waals surface area contributed by atoms with E-state index in [4.69, 9.17) is 11.1 Å². The monoisotopic (exact) mass is 436 g/mol. The van der Waals surface area contributed by atoms with E-state index in [1.165, 1.54) is 18.3 Å². The number of aromatic nitrogens is 4. The zero-order chi connectivity index (χ0) is 22.5. The number of hydrogen-bond donors (Lipinski definition) is 3. The molecule has 9 nitrogen and oxygen atoms in total. The molecule has 1 aromatic carbocycles. The molecule has 1 fully saturated rings. The lowest BCUT2D eigenvalue weighted by Gasteiger charge is -2.38. The van der Waals surface area contributed by atoms with Crippen LogP contribution in [0.25, 0.3) is 0 Å². The van der Waals surface area contributed by atoms with E-state index in [1.807, 2.05) is 0 Å². The summed E-state index contributed by atoms with van der Waals surface area (Å²) >= 11 is 0. The smallest absolute Gasteiger partial charge is 0.254 e. The molecule has 2 aromatic heterocycles. The number of carbonyl (C=O) groups excluding carboxylic acids is 1. The number of piperidine rings is 1. The Bertz CT molecular complexity index is 1070. The second-order valence-electron chi connectivity index (χ2n) is 7.86. The molecule has 32 heavy (non-hydrogen) atoms. The van der Waals surface area contributed by atoms with Crippen LogP contribution in [0.1, 0.15) is 34.9 Å². The van der Waals surface area contributed by atoms with Gasteiger partial charge in [-0.15, -0.1) is 0 Å². The quantitative estimate of drug-likeness (QED) is 0.466. The first-order chi connectivity index (χ1) is 15.5. The van der Waals surface area contributed by atoms with Crippen LogP contribution in [-0.4, -0.2) is 49.9 Å². The molecule has 0 bridgehead atoms. The molecule has 0 aliphatic carbocycles. The number of benzene rings is 1. The number of nitrogens with one attached hydrogen (secondary N) is 2. The van der Waals surface area contributed by atoms with Gasteiger partial charge < -0.3 is 16.5 Å². The average Bonchev–Trinajstić information content (AvgIpc) is 3.20. The number of rotatable bonds is 8. The van der Waals surface area contributed by atoms with Crippen molar-refractivity contribution in [3.63, 3.8) is 0 Å². The molecule has 1 aliphatic rings. The van der Waals surface area contributed by atoms with E-state index in [0.29, 0.717) is 24.5 Å². The van der Waals surface area contributed by atoms with Crippen LogP contribution >= 0.6 is 0 Å². The van der Waals surface area contributed by atoms with Crippen molar-refractivity contribution in [1.82, 2.24) is 24.6 Å². The number of nitrogens with zero attached hydrogens (tertiary/aromatic N) is 5. The number of likely N-dealkylation sites (tertiary alicyclic amines) is 1. The van der Waals surface area contributed by atoms with Crippen molar-refractivity contribution < 1.29 is 9.18 Å². The summed E-state index contributed by atoms with van der Waals surface area (Å²) in [4.78, 5) is 22.8. The standard InChI is InChI=1S/C22H25FN8O/c23-16-1-3-17(4-2-16)28-22-19(21(25)32)14-31(29-22)20-6-10-30(12-15(20)5-7-24)13-18-11-26-8-9-27-18/h1-4,7-9,11,14-15,20,24H,5-6,10,12-13H2,(H2,25,32)(H,28,29). The summed E-state index contributed by atoms with van der Waals surface area (Å²) in [6.45, 7) is 2.28. The van der Waals surface area contributed by atoms with Crippen LogP contribution in [0.4, 0.5) is 15.9 Å². The van der Waals surface area contributed by atoms with Crippen LogP contribution in [0, 0.1) is 17.1 Å². The van der Waals surface area contributed by atoms with Crippen LogP contribution in [0.2, 0.25) is 0 Å². The van der Waals surface area contributed by atoms with E-state index < -0.39 is 5.91 Å². The number of anilines is 2. The molecule has 2 unspecified atom stereocenters. The first kappa shape index (κ1) is 21.6. The van der Waals surface area contributed by atoms with E-state index in [2.05, 4.69) is 25.3 Å². The highest BCUT2D eigenvalue weighted by Gasteiger charge is 2.32. The number of halogens is 1. The maximum absolute atomic E-state index is 13.2. The highest BCUT2D eigenvalue weighted by molar-refractivity contribution is 5.98. The fraction of sp³-hybridized carbons (Fsp3) is 0.318. The van der Waals surface area contributed by atoms with Gasteiger partial charge in [-0.1, -0.05) is 0 Å². The summed E-state index contributed by atoms with van der Waals surface area (Å²) in [5.41, 5.74) is 7.36. The largest absolute Gasteiger partial charge is 0.365 e. The zero-order valence-corrected chi connectivity index (χ0v) is 17.5. The van der Waals surface area contributed by atoms with Crippen LogP contribution < -0.4 is 11.1 Å². The van der Waals surface area contributed by atoms with Gasteiger partial charge in [-0.2, -0.15) is 5.10 Å². The molecule has 0 radical (unpaired) electrons. The first-order valence-corrected chi connectivity index (χ1v) is 10.4. The van der Waals surface area contributed by atoms with Crippen LogP contribution in [0.3, 0.4) is 0 Å². The van der Waals surface area contributed by atoms with Crippen molar-refractivity contribution in [2.75, 3.05) is 18.4 Å². The molecule has 3 aromatic rings. The lowest BCUT2D eigenvalue weighted by atomic mass is 9.89. The Kier molecular flexibility index (Phi) is 6.50. The van der Waals surface area contributed by atoms with Gasteiger partial charge >= 0.3 is 0 Å². The van der Waals surface area contributed by atoms with E-state index in [9.17, 15) is 9.18 Å². The van der Waals surface area contributed by atoms with Gasteiger partial charge in [0.15, 0.2) is 5.82 Å². The van der Waals surface area contributed by atoms with E-state index in [1.54, 1.807) is 41.6 Å². The highest BCUT2D eigenvalue weighted by atomic mass is 19.1. The van der Waals surface area contributed by atoms with Gasteiger partial charge in [-0.25, -0.2) is 4.39 Å². The third kappa shape index (κ3) is 4.97. The van der Waals surface area contributed by atoms with Gasteiger partial charge in [-0.3, -0.25) is 24.3 Å². The van der Waals surface area contributed by atoms with Crippen molar-refractivity contribution in [2.24, 2.45) is 11.7 Å². The van der Waals surface area contributed by atoms with Crippen molar-refractivity contribution >= 4 is 23.6 Å². The third-order valence-electron chi connectivity index (χ3n) is 5.64. The lowest BCUT2D eigenvalue weighted by Crippen LogP contribution is -2.41. The second-order valence-corrected chi connectivity index (χ2v) is 7.86. The number of hydrogen-bond acceptors (Lipinski definition) is 7. The first-order valence-electron chi connectivity index (χ1n) is 10.4. The molecule has 0 saturated carbocycles. The van der Waals surface area contributed by atoms with Gasteiger partial charge in [0, 0.05) is 50.1 Å². The maximum Gasteiger partial charge on any atom is 0.254 e. The Hall–Kier alpha value is -3.66. The van der Waals surface area contributed by atoms with E-state index in [0.717, 1.165) is 25.2 Å². The van der Waals surface area contributed by atoms with Crippen LogP contribution in [0.15, 0.2) is 49.1 Å². The van der Waals surface area contributed by atoms with Gasteiger partial charge in [0.05, 0.1) is 11.7 Å². The fourth-order valence-corrected chi connectivity index (χ4v) is 4.11. The Balaban J connectivity index is 1.54. The summed E-state index contributed by atoms with van der Waals surface area (Å²) in [7, 11) is 0. The molecule has 1 saturated heterocycles. The molecule has 0 spiro atoms. The molecule has 4 N–H and O–H groups in total. The van der Waals surface area contributed by atoms with Gasteiger partial charge in [0.25, 0.3) is 5.91 Å². The van der Waals surface area contributed by atoms with Crippen molar-refractivity contribution in [1.29, 1.82) is 5.41 Å². The normalized spacial score (nSPS) is 18.9. The number of nitrogens with two attached hydrogens (primary N) is 1. The Morgan fingerprint density at radius 2 is 2.12 bits per heavy atom. The number of carbonyl (C=O) groups is 1. The van der Waals surface area contributed by atoms with Gasteiger partial charge in [-0.05, 0) is 49.2 Å². The minimum atomic E-state index is -0.593. The van der Waals surface area contributed by atoms with E-state index in [-0.39, 0.29) is 23.3 Å². The van der Waals surface area contributed by atoms with Crippen molar-refractivity contribution in [3.8, 4) is 0 Å². The summed E-state index contributed by atoms with van der Waals surface area (Å²) in [5.74, 6) is -0.472. The third-order valence-corrected chi connectivity index (χ3v) is 5.64. The molecule has 166 valence electrons. The zero-order valence-electron chi connectivity index (χ0n) is 17.5. The van der Waals surface area contributed by atoms with Gasteiger partial charge in [0.2, 0.25) is 0 Å². The molecule has 3 heterocycles. The maximum atomic E-state index is 13.2. The molecule has 1 aliphatic heterocycles. The molecule has 1 amide bonds. The molecule has 2 atom stereocenters. The summed E-state index contributed by atoms with van der Waals surface area (Å²) in [6, 6.07) is 5.81. The molecular weight excluding hydrogens is 411 g/mol. The summed E-state index contributed by atoms with van der Waals surface area (Å²) in [5, 5.41) is 15.3. The van der Waals surface area contributed by atoms with Crippen LogP contribution in [-0.2, 0) is 6.54 Å². The SMILES string of the molecule is N=CCC1CN(Cc2cnccn2)CCC1n1cc(C(N)=O)c(Nc2ccc(F)cc2)n1. The Labute approximate surface area is 185 Å². The van der Waals surface area contributed by atoms with E-state index >= 15 is 0 Å². The number of amides is 1. The van der Waals surface area contributed by atoms with Gasteiger partial charge in [0.1, 0.15) is 11.4 Å². The highest BCUT2D eigenvalue weighted by Crippen LogP contribution is 2.32. The lowest BCUT2D eigenvalue weighted by molar-refractivity contribution is 0.0999. The summed E-state index contributed by atoms with van der Waals surface area (Å²) < 4.78 is 15.0. The molecule has 10 heteroatoms. The predicted octanol–water partition coefficient (Wildman–Crippen LogP) is 2.76. The minimum absolute atomic E-state index is 0.0107. The Morgan fingerprint density at radius 3 is 2.81 bits per heavy atom. The van der Waals surface area contributed by atoms with Crippen LogP contribution in [0.5, 0.6) is 0 Å². The Morgan fingerprint density at radius 1 is 1.31 bits per heavy atom. The van der Waals surface area contributed by atoms with Crippen molar-refractivity contribution in [3.05, 3.63) is 66.1 Å². The topological polar surface area (TPSA) is 126 Å². The fourth-order valence-electron chi connectivity index (χ4n) is 4.11. The van der Waals surface area contributed by atoms with Crippen molar-refractivity contribution in [2.45, 2.75) is 25.4 Å². The molecule has 4 rings (SSSR count). The average molecular weight is 436 g/mol.